The molecule has 0 aliphatic carbocycles. The molecular weight excluding hydrogens is 278 g/mol. The average molecular weight is 303 g/mol. The highest BCUT2D eigenvalue weighted by atomic mass is 16.5. The molecule has 120 valence electrons. The summed E-state index contributed by atoms with van der Waals surface area (Å²) >= 11 is 0. The number of benzene rings is 1. The van der Waals surface area contributed by atoms with Crippen molar-refractivity contribution in [3.63, 3.8) is 0 Å². The van der Waals surface area contributed by atoms with E-state index in [-0.39, 0.29) is 0 Å². The molecule has 2 rings (SSSR count). The van der Waals surface area contributed by atoms with Crippen molar-refractivity contribution in [2.45, 2.75) is 32.6 Å². The topological polar surface area (TPSA) is 62.3 Å². The van der Waals surface area contributed by atoms with E-state index in [2.05, 4.69) is 13.8 Å². The normalized spacial score (nSPS) is 11.0. The molecule has 0 saturated heterocycles. The Morgan fingerprint density at radius 2 is 1.82 bits per heavy atom. The standard InChI is InChI=1S/C17H25N3O2/c1-12(2)16-15(6-5-11-18)17(22-4)20(19-16)13-7-9-14(21-3)10-8-13/h7-10,12H,5-6,11,18H2,1-4H3. The molecule has 0 spiro atoms. The van der Waals surface area contributed by atoms with Gasteiger partial charge < -0.3 is 15.2 Å². The Bertz CT molecular complexity index is 603. The fraction of sp³-hybridized carbons (Fsp3) is 0.471. The third kappa shape index (κ3) is 3.25. The summed E-state index contributed by atoms with van der Waals surface area (Å²) in [6.45, 7) is 4.95. The van der Waals surface area contributed by atoms with Crippen LogP contribution in [0.4, 0.5) is 0 Å². The van der Waals surface area contributed by atoms with Crippen LogP contribution in [0.5, 0.6) is 11.6 Å². The van der Waals surface area contributed by atoms with Crippen LogP contribution in [0.25, 0.3) is 5.69 Å². The summed E-state index contributed by atoms with van der Waals surface area (Å²) in [7, 11) is 3.35. The summed E-state index contributed by atoms with van der Waals surface area (Å²) in [5.41, 5.74) is 8.84. The van der Waals surface area contributed by atoms with Crippen LogP contribution in [0.1, 0.15) is 37.4 Å². The van der Waals surface area contributed by atoms with Gasteiger partial charge in [-0.1, -0.05) is 13.8 Å². The lowest BCUT2D eigenvalue weighted by Crippen LogP contribution is -2.03. The minimum Gasteiger partial charge on any atom is -0.497 e. The van der Waals surface area contributed by atoms with Crippen LogP contribution in [0, 0.1) is 0 Å². The number of nitrogens with two attached hydrogens (primary N) is 1. The van der Waals surface area contributed by atoms with Crippen LogP contribution in [-0.4, -0.2) is 30.5 Å². The van der Waals surface area contributed by atoms with Gasteiger partial charge in [-0.25, -0.2) is 4.68 Å². The number of rotatable bonds is 7. The number of hydrogen-bond donors (Lipinski definition) is 1. The third-order valence-corrected chi connectivity index (χ3v) is 3.66. The number of ether oxygens (including phenoxy) is 2. The summed E-state index contributed by atoms with van der Waals surface area (Å²) in [5.74, 6) is 1.95. The summed E-state index contributed by atoms with van der Waals surface area (Å²) in [4.78, 5) is 0. The highest BCUT2D eigenvalue weighted by Gasteiger charge is 2.21. The van der Waals surface area contributed by atoms with Gasteiger partial charge in [-0.15, -0.1) is 0 Å². The molecule has 1 aromatic heterocycles. The van der Waals surface area contributed by atoms with Crippen LogP contribution in [0.15, 0.2) is 24.3 Å². The summed E-state index contributed by atoms with van der Waals surface area (Å²) in [6.07, 6.45) is 1.80. The second-order valence-corrected chi connectivity index (χ2v) is 5.53. The quantitative estimate of drug-likeness (QED) is 0.854. The van der Waals surface area contributed by atoms with Crippen molar-refractivity contribution in [3.8, 4) is 17.3 Å². The van der Waals surface area contributed by atoms with Crippen molar-refractivity contribution in [2.24, 2.45) is 5.73 Å². The Morgan fingerprint density at radius 1 is 1.14 bits per heavy atom. The van der Waals surface area contributed by atoms with E-state index in [0.29, 0.717) is 12.5 Å². The van der Waals surface area contributed by atoms with Crippen molar-refractivity contribution in [1.82, 2.24) is 9.78 Å². The largest absolute Gasteiger partial charge is 0.497 e. The first-order valence-electron chi connectivity index (χ1n) is 7.62. The number of methoxy groups -OCH3 is 2. The molecule has 0 unspecified atom stereocenters. The van der Waals surface area contributed by atoms with Crippen LogP contribution < -0.4 is 15.2 Å². The SMILES string of the molecule is COc1ccc(-n2nc(C(C)C)c(CCCN)c2OC)cc1. The van der Waals surface area contributed by atoms with Gasteiger partial charge in [0.2, 0.25) is 5.88 Å². The zero-order valence-corrected chi connectivity index (χ0v) is 13.8. The molecule has 5 heteroatoms. The maximum absolute atomic E-state index is 5.66. The first kappa shape index (κ1) is 16.4. The predicted molar refractivity (Wildman–Crippen MR) is 88.1 cm³/mol. The van der Waals surface area contributed by atoms with Crippen LogP contribution in [-0.2, 0) is 6.42 Å². The first-order chi connectivity index (χ1) is 10.6. The van der Waals surface area contributed by atoms with E-state index in [0.717, 1.165) is 41.4 Å². The Balaban J connectivity index is 2.49. The van der Waals surface area contributed by atoms with Crippen molar-refractivity contribution >= 4 is 0 Å². The van der Waals surface area contributed by atoms with Crippen LogP contribution in [0.3, 0.4) is 0 Å². The molecule has 0 aliphatic heterocycles. The van der Waals surface area contributed by atoms with Crippen LogP contribution in [0.2, 0.25) is 0 Å². The summed E-state index contributed by atoms with van der Waals surface area (Å²) < 4.78 is 12.7. The van der Waals surface area contributed by atoms with Crippen molar-refractivity contribution in [2.75, 3.05) is 20.8 Å². The number of nitrogens with zero attached hydrogens (tertiary/aromatic N) is 2. The Morgan fingerprint density at radius 3 is 2.32 bits per heavy atom. The lowest BCUT2D eigenvalue weighted by atomic mass is 10.0. The van der Waals surface area contributed by atoms with Gasteiger partial charge in [-0.3, -0.25) is 0 Å². The molecule has 2 N–H and O–H groups in total. The van der Waals surface area contributed by atoms with Gasteiger partial charge >= 0.3 is 0 Å². The molecule has 0 fully saturated rings. The highest BCUT2D eigenvalue weighted by Crippen LogP contribution is 2.31. The average Bonchev–Trinajstić information content (AvgIpc) is 2.91. The fourth-order valence-corrected chi connectivity index (χ4v) is 2.54. The molecular formula is C17H25N3O2. The van der Waals surface area contributed by atoms with Gasteiger partial charge in [0.15, 0.2) is 0 Å². The molecule has 0 saturated carbocycles. The maximum Gasteiger partial charge on any atom is 0.219 e. The Kier molecular flexibility index (Phi) is 5.44. The van der Waals surface area contributed by atoms with Crippen molar-refractivity contribution < 1.29 is 9.47 Å². The van der Waals surface area contributed by atoms with E-state index in [1.807, 2.05) is 28.9 Å². The van der Waals surface area contributed by atoms with Gasteiger partial charge in [-0.2, -0.15) is 5.10 Å². The van der Waals surface area contributed by atoms with E-state index < -0.39 is 0 Å². The first-order valence-corrected chi connectivity index (χ1v) is 7.62. The van der Waals surface area contributed by atoms with Crippen LogP contribution >= 0.6 is 0 Å². The molecule has 0 amide bonds. The minimum atomic E-state index is 0.334. The van der Waals surface area contributed by atoms with E-state index in [1.54, 1.807) is 14.2 Å². The smallest absolute Gasteiger partial charge is 0.219 e. The zero-order chi connectivity index (χ0) is 16.1. The maximum atomic E-state index is 5.66. The van der Waals surface area contributed by atoms with Gasteiger partial charge in [0.25, 0.3) is 0 Å². The van der Waals surface area contributed by atoms with Gasteiger partial charge in [-0.05, 0) is 49.6 Å². The van der Waals surface area contributed by atoms with E-state index in [9.17, 15) is 0 Å². The van der Waals surface area contributed by atoms with Crippen molar-refractivity contribution in [3.05, 3.63) is 35.5 Å². The molecule has 0 atom stereocenters. The second-order valence-electron chi connectivity index (χ2n) is 5.53. The fourth-order valence-electron chi connectivity index (χ4n) is 2.54. The Labute approximate surface area is 132 Å². The predicted octanol–water partition coefficient (Wildman–Crippen LogP) is 2.90. The second kappa shape index (κ2) is 7.31. The molecule has 5 nitrogen and oxygen atoms in total. The molecule has 2 aromatic rings. The number of hydrogen-bond acceptors (Lipinski definition) is 4. The van der Waals surface area contributed by atoms with E-state index >= 15 is 0 Å². The zero-order valence-electron chi connectivity index (χ0n) is 13.8. The highest BCUT2D eigenvalue weighted by molar-refractivity contribution is 5.44. The molecule has 22 heavy (non-hydrogen) atoms. The summed E-state index contributed by atoms with van der Waals surface area (Å²) in [6, 6.07) is 7.80. The molecule has 1 heterocycles. The molecule has 0 bridgehead atoms. The van der Waals surface area contributed by atoms with E-state index in [4.69, 9.17) is 20.3 Å². The van der Waals surface area contributed by atoms with Gasteiger partial charge in [0.1, 0.15) is 5.75 Å². The third-order valence-electron chi connectivity index (χ3n) is 3.66. The monoisotopic (exact) mass is 303 g/mol. The van der Waals surface area contributed by atoms with Gasteiger partial charge in [0.05, 0.1) is 25.6 Å². The lowest BCUT2D eigenvalue weighted by Gasteiger charge is -2.09. The number of aromatic nitrogens is 2. The molecule has 1 aromatic carbocycles. The Hall–Kier alpha value is -2.01. The molecule has 0 radical (unpaired) electrons. The van der Waals surface area contributed by atoms with Gasteiger partial charge in [0, 0.05) is 5.56 Å². The molecule has 0 aliphatic rings. The summed E-state index contributed by atoms with van der Waals surface area (Å²) in [5, 5.41) is 4.77. The van der Waals surface area contributed by atoms with Crippen molar-refractivity contribution in [1.29, 1.82) is 0 Å². The minimum absolute atomic E-state index is 0.334. The lowest BCUT2D eigenvalue weighted by molar-refractivity contribution is 0.378. The van der Waals surface area contributed by atoms with E-state index in [1.165, 1.54) is 0 Å².